The molecule has 82 valence electrons. The molecule has 14 heavy (non-hydrogen) atoms. The first-order chi connectivity index (χ1) is 6.40. The summed E-state index contributed by atoms with van der Waals surface area (Å²) in [6.07, 6.45) is 3.02. The first kappa shape index (κ1) is 13.0. The summed E-state index contributed by atoms with van der Waals surface area (Å²) in [7, 11) is 1.37. The first-order valence-corrected chi connectivity index (χ1v) is 4.88. The number of ether oxygens (including phenoxy) is 1. The monoisotopic (exact) mass is 199 g/mol. The summed E-state index contributed by atoms with van der Waals surface area (Å²) < 4.78 is 4.46. The van der Waals surface area contributed by atoms with Crippen LogP contribution in [0.5, 0.6) is 0 Å². The molecule has 0 aliphatic rings. The van der Waals surface area contributed by atoms with Crippen molar-refractivity contribution in [1.82, 2.24) is 5.32 Å². The third-order valence-corrected chi connectivity index (χ3v) is 2.66. The molecule has 3 heteroatoms. The van der Waals surface area contributed by atoms with Crippen LogP contribution in [0.4, 0.5) is 0 Å². The third kappa shape index (κ3) is 4.90. The minimum atomic E-state index is -0.333. The lowest BCUT2D eigenvalue weighted by Gasteiger charge is -2.28. The highest BCUT2D eigenvalue weighted by atomic mass is 16.5. The maximum Gasteiger partial charge on any atom is 0.331 e. The summed E-state index contributed by atoms with van der Waals surface area (Å²) >= 11 is 0. The van der Waals surface area contributed by atoms with E-state index in [1.165, 1.54) is 13.2 Å². The quantitative estimate of drug-likeness (QED) is 0.543. The highest BCUT2D eigenvalue weighted by molar-refractivity contribution is 5.81. The SMILES string of the molecule is COC(=O)/C=C/NCC(C)(C)C(C)C. The minimum absolute atomic E-state index is 0.223. The molecule has 0 amide bonds. The Morgan fingerprint density at radius 3 is 2.50 bits per heavy atom. The van der Waals surface area contributed by atoms with Crippen LogP contribution in [0, 0.1) is 11.3 Å². The molecule has 1 N–H and O–H groups in total. The molecule has 0 aromatic heterocycles. The van der Waals surface area contributed by atoms with Crippen LogP contribution >= 0.6 is 0 Å². The second kappa shape index (κ2) is 5.68. The highest BCUT2D eigenvalue weighted by Crippen LogP contribution is 2.24. The lowest BCUT2D eigenvalue weighted by atomic mass is 9.81. The summed E-state index contributed by atoms with van der Waals surface area (Å²) in [5.74, 6) is 0.265. The van der Waals surface area contributed by atoms with E-state index in [1.54, 1.807) is 6.20 Å². The molecule has 3 nitrogen and oxygen atoms in total. The van der Waals surface area contributed by atoms with Crippen LogP contribution in [0.3, 0.4) is 0 Å². The number of esters is 1. The molecular formula is C11H21NO2. The topological polar surface area (TPSA) is 38.3 Å². The summed E-state index contributed by atoms with van der Waals surface area (Å²) in [4.78, 5) is 10.7. The van der Waals surface area contributed by atoms with Gasteiger partial charge in [-0.1, -0.05) is 27.7 Å². The number of nitrogens with one attached hydrogen (secondary N) is 1. The Morgan fingerprint density at radius 2 is 2.07 bits per heavy atom. The number of carbonyl (C=O) groups is 1. The maximum atomic E-state index is 10.7. The zero-order valence-corrected chi connectivity index (χ0v) is 9.76. The van der Waals surface area contributed by atoms with E-state index in [4.69, 9.17) is 0 Å². The first-order valence-electron chi connectivity index (χ1n) is 4.88. The Kier molecular flexibility index (Phi) is 5.28. The van der Waals surface area contributed by atoms with Gasteiger partial charge in [0.25, 0.3) is 0 Å². The fourth-order valence-electron chi connectivity index (χ4n) is 0.721. The smallest absolute Gasteiger partial charge is 0.331 e. The van der Waals surface area contributed by atoms with Crippen molar-refractivity contribution in [3.05, 3.63) is 12.3 Å². The van der Waals surface area contributed by atoms with E-state index in [2.05, 4.69) is 37.7 Å². The second-order valence-electron chi connectivity index (χ2n) is 4.38. The summed E-state index contributed by atoms with van der Waals surface area (Å²) in [6.45, 7) is 9.60. The van der Waals surface area contributed by atoms with Crippen LogP contribution in [0.25, 0.3) is 0 Å². The predicted octanol–water partition coefficient (Wildman–Crippen LogP) is 1.94. The van der Waals surface area contributed by atoms with E-state index in [9.17, 15) is 4.79 Å². The van der Waals surface area contributed by atoms with E-state index < -0.39 is 0 Å². The van der Waals surface area contributed by atoms with Gasteiger partial charge in [0.15, 0.2) is 0 Å². The van der Waals surface area contributed by atoms with Gasteiger partial charge >= 0.3 is 5.97 Å². The van der Waals surface area contributed by atoms with Crippen molar-refractivity contribution >= 4 is 5.97 Å². The second-order valence-corrected chi connectivity index (χ2v) is 4.38. The molecule has 0 atom stereocenters. The predicted molar refractivity (Wildman–Crippen MR) is 57.8 cm³/mol. The van der Waals surface area contributed by atoms with Crippen molar-refractivity contribution in [2.45, 2.75) is 27.7 Å². The molecule has 0 heterocycles. The summed E-state index contributed by atoms with van der Waals surface area (Å²) in [5, 5.41) is 3.09. The standard InChI is InChI=1S/C11H21NO2/c1-9(2)11(3,4)8-12-7-6-10(13)14-5/h6-7,9,12H,8H2,1-5H3/b7-6+. The number of carbonyl (C=O) groups excluding carboxylic acids is 1. The molecule has 0 saturated carbocycles. The zero-order valence-electron chi connectivity index (χ0n) is 9.76. The lowest BCUT2D eigenvalue weighted by molar-refractivity contribution is -0.134. The van der Waals surface area contributed by atoms with Crippen LogP contribution < -0.4 is 5.32 Å². The molecule has 0 aromatic rings. The Labute approximate surface area is 86.5 Å². The number of hydrogen-bond donors (Lipinski definition) is 1. The van der Waals surface area contributed by atoms with Crippen molar-refractivity contribution in [1.29, 1.82) is 0 Å². The van der Waals surface area contributed by atoms with Gasteiger partial charge < -0.3 is 10.1 Å². The Hall–Kier alpha value is -0.990. The van der Waals surface area contributed by atoms with Gasteiger partial charge in [0, 0.05) is 18.8 Å². The molecule has 0 aliphatic heterocycles. The molecule has 0 bridgehead atoms. The average Bonchev–Trinajstić information content (AvgIpc) is 2.11. The molecule has 0 fully saturated rings. The Morgan fingerprint density at radius 1 is 1.50 bits per heavy atom. The summed E-state index contributed by atoms with van der Waals surface area (Å²) in [6, 6.07) is 0. The number of methoxy groups -OCH3 is 1. The largest absolute Gasteiger partial charge is 0.466 e. The number of rotatable bonds is 5. The van der Waals surface area contributed by atoms with Crippen molar-refractivity contribution in [2.75, 3.05) is 13.7 Å². The van der Waals surface area contributed by atoms with Crippen molar-refractivity contribution in [3.8, 4) is 0 Å². The third-order valence-electron chi connectivity index (χ3n) is 2.66. The van der Waals surface area contributed by atoms with Crippen LogP contribution in [0.15, 0.2) is 12.3 Å². The minimum Gasteiger partial charge on any atom is -0.466 e. The maximum absolute atomic E-state index is 10.7. The average molecular weight is 199 g/mol. The molecule has 0 rings (SSSR count). The van der Waals surface area contributed by atoms with Crippen molar-refractivity contribution in [3.63, 3.8) is 0 Å². The fraction of sp³-hybridized carbons (Fsp3) is 0.727. The van der Waals surface area contributed by atoms with Crippen molar-refractivity contribution in [2.24, 2.45) is 11.3 Å². The molecule has 0 spiro atoms. The molecular weight excluding hydrogens is 178 g/mol. The van der Waals surface area contributed by atoms with Gasteiger partial charge in [-0.05, 0) is 11.3 Å². The van der Waals surface area contributed by atoms with Crippen molar-refractivity contribution < 1.29 is 9.53 Å². The van der Waals surface area contributed by atoms with Gasteiger partial charge in [-0.2, -0.15) is 0 Å². The fourth-order valence-corrected chi connectivity index (χ4v) is 0.721. The molecule has 0 unspecified atom stereocenters. The molecule has 0 aromatic carbocycles. The van der Waals surface area contributed by atoms with E-state index in [1.807, 2.05) is 0 Å². The zero-order chi connectivity index (χ0) is 11.2. The van der Waals surface area contributed by atoms with Gasteiger partial charge in [-0.25, -0.2) is 4.79 Å². The highest BCUT2D eigenvalue weighted by Gasteiger charge is 2.20. The van der Waals surface area contributed by atoms with Gasteiger partial charge in [-0.15, -0.1) is 0 Å². The van der Waals surface area contributed by atoms with E-state index >= 15 is 0 Å². The van der Waals surface area contributed by atoms with E-state index in [0.29, 0.717) is 5.92 Å². The summed E-state index contributed by atoms with van der Waals surface area (Å²) in [5.41, 5.74) is 0.223. The van der Waals surface area contributed by atoms with Crippen LogP contribution in [0.1, 0.15) is 27.7 Å². The van der Waals surface area contributed by atoms with Gasteiger partial charge in [0.05, 0.1) is 7.11 Å². The van der Waals surface area contributed by atoms with Crippen LogP contribution in [-0.2, 0) is 9.53 Å². The molecule has 0 aliphatic carbocycles. The van der Waals surface area contributed by atoms with Gasteiger partial charge in [0.2, 0.25) is 0 Å². The van der Waals surface area contributed by atoms with Crippen LogP contribution in [-0.4, -0.2) is 19.6 Å². The lowest BCUT2D eigenvalue weighted by Crippen LogP contribution is -2.31. The van der Waals surface area contributed by atoms with E-state index in [-0.39, 0.29) is 11.4 Å². The van der Waals surface area contributed by atoms with Crippen LogP contribution in [0.2, 0.25) is 0 Å². The number of hydrogen-bond acceptors (Lipinski definition) is 3. The van der Waals surface area contributed by atoms with E-state index in [0.717, 1.165) is 6.54 Å². The molecule has 0 radical (unpaired) electrons. The van der Waals surface area contributed by atoms with Gasteiger partial charge in [-0.3, -0.25) is 0 Å². The molecule has 0 saturated heterocycles. The van der Waals surface area contributed by atoms with Gasteiger partial charge in [0.1, 0.15) is 0 Å². The Bertz CT molecular complexity index is 207. The Balaban J connectivity index is 3.84. The normalized spacial score (nSPS) is 12.1.